The fourth-order valence-corrected chi connectivity index (χ4v) is 3.23. The van der Waals surface area contributed by atoms with Crippen LogP contribution in [0.3, 0.4) is 0 Å². The fourth-order valence-electron chi connectivity index (χ4n) is 3.23. The molecule has 5 heteroatoms. The lowest BCUT2D eigenvalue weighted by molar-refractivity contribution is -0.123. The Kier molecular flexibility index (Phi) is 4.47. The van der Waals surface area contributed by atoms with Crippen LogP contribution in [0.25, 0.3) is 11.0 Å². The Labute approximate surface area is 153 Å². The summed E-state index contributed by atoms with van der Waals surface area (Å²) in [4.78, 5) is 17.0. The van der Waals surface area contributed by atoms with Gasteiger partial charge in [0.2, 0.25) is 5.91 Å². The molecule has 1 saturated carbocycles. The molecular formula is C21H23N3O2. The second-order valence-corrected chi connectivity index (χ2v) is 6.93. The topological polar surface area (TPSA) is 56.1 Å². The summed E-state index contributed by atoms with van der Waals surface area (Å²) in [6.07, 6.45) is 3.66. The normalized spacial score (nSPS) is 15.1. The number of fused-ring (bicyclic) bond motifs is 1. The van der Waals surface area contributed by atoms with Gasteiger partial charge in [0.25, 0.3) is 0 Å². The largest absolute Gasteiger partial charge is 0.381 e. The third-order valence-corrected chi connectivity index (χ3v) is 4.98. The van der Waals surface area contributed by atoms with Crippen molar-refractivity contribution in [1.82, 2.24) is 9.55 Å². The maximum atomic E-state index is 12.6. The van der Waals surface area contributed by atoms with Crippen LogP contribution >= 0.6 is 0 Å². The number of nitrogens with one attached hydrogen (secondary N) is 1. The molecule has 0 saturated heterocycles. The molecule has 1 aliphatic rings. The molecule has 0 radical (unpaired) electrons. The Hall–Kier alpha value is -2.66. The smallest absolute Gasteiger partial charge is 0.232 e. The summed E-state index contributed by atoms with van der Waals surface area (Å²) < 4.78 is 7.60. The van der Waals surface area contributed by atoms with Crippen molar-refractivity contribution in [2.45, 2.75) is 26.3 Å². The van der Waals surface area contributed by atoms with Crippen molar-refractivity contribution in [3.05, 3.63) is 60.4 Å². The van der Waals surface area contributed by atoms with Gasteiger partial charge in [-0.1, -0.05) is 24.3 Å². The zero-order chi connectivity index (χ0) is 18.0. The standard InChI is InChI=1S/C21H23N3O2/c1-2-26-14-21(10-11-21)20(25)23-17-7-5-6-16(12-17)13-24-15-22-18-8-3-4-9-19(18)24/h3-9,12,15H,2,10-11,13-14H2,1H3,(H,23,25). The van der Waals surface area contributed by atoms with Crippen LogP contribution in [-0.2, 0) is 16.1 Å². The first-order chi connectivity index (χ1) is 12.7. The van der Waals surface area contributed by atoms with Gasteiger partial charge in [-0.3, -0.25) is 4.79 Å². The Morgan fingerprint density at radius 2 is 2.08 bits per heavy atom. The average molecular weight is 349 g/mol. The van der Waals surface area contributed by atoms with Gasteiger partial charge in [0.15, 0.2) is 0 Å². The zero-order valence-corrected chi connectivity index (χ0v) is 14.9. The minimum absolute atomic E-state index is 0.0659. The number of hydrogen-bond acceptors (Lipinski definition) is 3. The lowest BCUT2D eigenvalue weighted by Gasteiger charge is -2.15. The van der Waals surface area contributed by atoms with Gasteiger partial charge in [0.1, 0.15) is 0 Å². The van der Waals surface area contributed by atoms with Gasteiger partial charge in [-0.25, -0.2) is 4.98 Å². The number of aromatic nitrogens is 2. The van der Waals surface area contributed by atoms with Crippen LogP contribution in [0, 0.1) is 5.41 Å². The van der Waals surface area contributed by atoms with E-state index in [1.807, 2.05) is 49.6 Å². The van der Waals surface area contributed by atoms with Crippen LogP contribution in [0.1, 0.15) is 25.3 Å². The molecule has 0 bridgehead atoms. The maximum absolute atomic E-state index is 12.6. The summed E-state index contributed by atoms with van der Waals surface area (Å²) in [5.74, 6) is 0.0659. The van der Waals surface area contributed by atoms with Gasteiger partial charge in [0.05, 0.1) is 29.4 Å². The molecule has 1 aromatic heterocycles. The predicted octanol–water partition coefficient (Wildman–Crippen LogP) is 3.84. The van der Waals surface area contributed by atoms with Gasteiger partial charge in [-0.2, -0.15) is 0 Å². The van der Waals surface area contributed by atoms with E-state index in [-0.39, 0.29) is 11.3 Å². The third-order valence-electron chi connectivity index (χ3n) is 4.98. The zero-order valence-electron chi connectivity index (χ0n) is 14.9. The van der Waals surface area contributed by atoms with E-state index >= 15 is 0 Å². The molecule has 2 aromatic carbocycles. The van der Waals surface area contributed by atoms with Crippen LogP contribution in [0.15, 0.2) is 54.9 Å². The van der Waals surface area contributed by atoms with Crippen LogP contribution in [0.5, 0.6) is 0 Å². The van der Waals surface area contributed by atoms with Crippen LogP contribution < -0.4 is 5.32 Å². The van der Waals surface area contributed by atoms with Gasteiger partial charge < -0.3 is 14.6 Å². The van der Waals surface area contributed by atoms with Crippen molar-refractivity contribution in [2.75, 3.05) is 18.5 Å². The van der Waals surface area contributed by atoms with E-state index in [1.165, 1.54) is 0 Å². The van der Waals surface area contributed by atoms with Crippen molar-refractivity contribution in [3.8, 4) is 0 Å². The van der Waals surface area contributed by atoms with E-state index in [2.05, 4.69) is 27.0 Å². The summed E-state index contributed by atoms with van der Waals surface area (Å²) in [7, 11) is 0. The highest BCUT2D eigenvalue weighted by Crippen LogP contribution is 2.46. The van der Waals surface area contributed by atoms with E-state index in [9.17, 15) is 4.79 Å². The Bertz CT molecular complexity index is 928. The molecule has 5 nitrogen and oxygen atoms in total. The first-order valence-corrected chi connectivity index (χ1v) is 9.08. The molecule has 1 aliphatic carbocycles. The molecule has 1 heterocycles. The number of para-hydroxylation sites is 2. The Morgan fingerprint density at radius 1 is 1.23 bits per heavy atom. The molecule has 4 rings (SSSR count). The summed E-state index contributed by atoms with van der Waals surface area (Å²) >= 11 is 0. The minimum atomic E-state index is -0.327. The highest BCUT2D eigenvalue weighted by molar-refractivity contribution is 5.97. The van der Waals surface area contributed by atoms with E-state index in [0.29, 0.717) is 19.8 Å². The molecule has 0 spiro atoms. The first-order valence-electron chi connectivity index (χ1n) is 9.08. The quantitative estimate of drug-likeness (QED) is 0.705. The number of nitrogens with zero attached hydrogens (tertiary/aromatic N) is 2. The monoisotopic (exact) mass is 349 g/mol. The number of benzene rings is 2. The number of ether oxygens (including phenoxy) is 1. The third kappa shape index (κ3) is 3.35. The number of anilines is 1. The van der Waals surface area contributed by atoms with E-state index in [0.717, 1.165) is 35.1 Å². The maximum Gasteiger partial charge on any atom is 0.232 e. The number of rotatable bonds is 7. The lowest BCUT2D eigenvalue weighted by atomic mass is 10.1. The van der Waals surface area contributed by atoms with Crippen molar-refractivity contribution >= 4 is 22.6 Å². The first kappa shape index (κ1) is 16.8. The molecule has 0 unspecified atom stereocenters. The van der Waals surface area contributed by atoms with Crippen molar-refractivity contribution in [1.29, 1.82) is 0 Å². The van der Waals surface area contributed by atoms with Gasteiger partial charge >= 0.3 is 0 Å². The van der Waals surface area contributed by atoms with Crippen LogP contribution in [0.4, 0.5) is 5.69 Å². The average Bonchev–Trinajstić information content (AvgIpc) is 3.36. The molecule has 1 amide bonds. The SMILES string of the molecule is CCOCC1(C(=O)Nc2cccc(Cn3cnc4ccccc43)c2)CC1. The minimum Gasteiger partial charge on any atom is -0.381 e. The number of imidazole rings is 1. The molecule has 26 heavy (non-hydrogen) atoms. The molecule has 1 N–H and O–H groups in total. The molecule has 0 aliphatic heterocycles. The second-order valence-electron chi connectivity index (χ2n) is 6.93. The molecule has 1 fully saturated rings. The van der Waals surface area contributed by atoms with Crippen molar-refractivity contribution < 1.29 is 9.53 Å². The molecule has 134 valence electrons. The fraction of sp³-hybridized carbons (Fsp3) is 0.333. The Balaban J connectivity index is 1.48. The van der Waals surface area contributed by atoms with E-state index in [1.54, 1.807) is 0 Å². The van der Waals surface area contributed by atoms with Crippen molar-refractivity contribution in [3.63, 3.8) is 0 Å². The summed E-state index contributed by atoms with van der Waals surface area (Å²) in [5, 5.41) is 3.07. The van der Waals surface area contributed by atoms with E-state index < -0.39 is 0 Å². The van der Waals surface area contributed by atoms with Crippen LogP contribution in [0.2, 0.25) is 0 Å². The Morgan fingerprint density at radius 3 is 2.88 bits per heavy atom. The number of amides is 1. The summed E-state index contributed by atoms with van der Waals surface area (Å²) in [6, 6.07) is 16.1. The predicted molar refractivity (Wildman–Crippen MR) is 102 cm³/mol. The summed E-state index contributed by atoms with van der Waals surface area (Å²) in [5.41, 5.74) is 3.73. The van der Waals surface area contributed by atoms with Gasteiger partial charge in [0, 0.05) is 18.8 Å². The highest BCUT2D eigenvalue weighted by Gasteiger charge is 2.50. The summed E-state index contributed by atoms with van der Waals surface area (Å²) in [6.45, 7) is 3.82. The molecular weight excluding hydrogens is 326 g/mol. The second kappa shape index (κ2) is 6.92. The number of carbonyl (C=O) groups excluding carboxylic acids is 1. The van der Waals surface area contributed by atoms with E-state index in [4.69, 9.17) is 4.74 Å². The van der Waals surface area contributed by atoms with Gasteiger partial charge in [-0.05, 0) is 49.6 Å². The number of hydrogen-bond donors (Lipinski definition) is 1. The highest BCUT2D eigenvalue weighted by atomic mass is 16.5. The molecule has 0 atom stereocenters. The van der Waals surface area contributed by atoms with Crippen LogP contribution in [-0.4, -0.2) is 28.7 Å². The van der Waals surface area contributed by atoms with Crippen molar-refractivity contribution in [2.24, 2.45) is 5.41 Å². The van der Waals surface area contributed by atoms with Gasteiger partial charge in [-0.15, -0.1) is 0 Å². The lowest BCUT2D eigenvalue weighted by Crippen LogP contribution is -2.28. The number of carbonyl (C=O) groups is 1. The molecule has 3 aromatic rings.